The zero-order chi connectivity index (χ0) is 9.26. The van der Waals surface area contributed by atoms with Gasteiger partial charge in [0.25, 0.3) is 0 Å². The van der Waals surface area contributed by atoms with Gasteiger partial charge in [0.1, 0.15) is 0 Å². The Balaban J connectivity index is 1.96. The number of thioether (sulfide) groups is 1. The van der Waals surface area contributed by atoms with Crippen molar-refractivity contribution in [3.8, 4) is 0 Å². The summed E-state index contributed by atoms with van der Waals surface area (Å²) in [5.41, 5.74) is 0. The van der Waals surface area contributed by atoms with Crippen molar-refractivity contribution in [1.82, 2.24) is 15.5 Å². The van der Waals surface area contributed by atoms with Crippen molar-refractivity contribution in [2.75, 3.05) is 6.26 Å². The molecule has 0 aliphatic heterocycles. The molecule has 1 aliphatic carbocycles. The minimum Gasteiger partial charge on any atom is -0.337 e. The zero-order valence-electron chi connectivity index (χ0n) is 7.78. The Labute approximate surface area is 81.5 Å². The van der Waals surface area contributed by atoms with Crippen LogP contribution in [-0.4, -0.2) is 22.4 Å². The van der Waals surface area contributed by atoms with E-state index in [-0.39, 0.29) is 6.04 Å². The number of nitrogens with zero attached hydrogens (tertiary/aromatic N) is 2. The third-order valence-electron chi connectivity index (χ3n) is 2.04. The molecule has 1 saturated carbocycles. The summed E-state index contributed by atoms with van der Waals surface area (Å²) in [4.78, 5) is 4.23. The fourth-order valence-corrected chi connectivity index (χ4v) is 1.45. The predicted molar refractivity (Wildman–Crippen MR) is 50.7 cm³/mol. The molecule has 2 rings (SSSR count). The summed E-state index contributed by atoms with van der Waals surface area (Å²) < 4.78 is 5.10. The van der Waals surface area contributed by atoms with Crippen molar-refractivity contribution >= 4 is 11.8 Å². The second-order valence-corrected chi connectivity index (χ2v) is 4.06. The van der Waals surface area contributed by atoms with Crippen LogP contribution in [0, 0.1) is 0 Å². The highest BCUT2D eigenvalue weighted by Crippen LogP contribution is 2.23. The van der Waals surface area contributed by atoms with Crippen LogP contribution in [0.15, 0.2) is 9.68 Å². The lowest BCUT2D eigenvalue weighted by atomic mass is 10.3. The molecule has 0 spiro atoms. The lowest BCUT2D eigenvalue weighted by Gasteiger charge is -2.06. The quantitative estimate of drug-likeness (QED) is 0.746. The van der Waals surface area contributed by atoms with E-state index in [1.807, 2.05) is 6.26 Å². The molecule has 0 amide bonds. The van der Waals surface area contributed by atoms with Crippen LogP contribution in [-0.2, 0) is 0 Å². The molecule has 0 aromatic carbocycles. The van der Waals surface area contributed by atoms with Gasteiger partial charge in [-0.1, -0.05) is 16.9 Å². The molecule has 13 heavy (non-hydrogen) atoms. The molecule has 1 fully saturated rings. The zero-order valence-corrected chi connectivity index (χ0v) is 8.60. The normalized spacial score (nSPS) is 18.9. The van der Waals surface area contributed by atoms with Gasteiger partial charge in [-0.25, -0.2) is 0 Å². The average Bonchev–Trinajstić information content (AvgIpc) is 2.82. The summed E-state index contributed by atoms with van der Waals surface area (Å²) in [6.07, 6.45) is 4.48. The first-order valence-electron chi connectivity index (χ1n) is 4.43. The summed E-state index contributed by atoms with van der Waals surface area (Å²) in [6.45, 7) is 2.05. The Hall–Kier alpha value is -0.550. The van der Waals surface area contributed by atoms with E-state index in [0.717, 1.165) is 0 Å². The van der Waals surface area contributed by atoms with Crippen LogP contribution in [0.3, 0.4) is 0 Å². The van der Waals surface area contributed by atoms with Crippen LogP contribution >= 0.6 is 11.8 Å². The van der Waals surface area contributed by atoms with E-state index in [4.69, 9.17) is 4.52 Å². The van der Waals surface area contributed by atoms with Crippen LogP contribution in [0.4, 0.5) is 0 Å². The van der Waals surface area contributed by atoms with Crippen LogP contribution in [0.1, 0.15) is 31.7 Å². The lowest BCUT2D eigenvalue weighted by Crippen LogP contribution is -2.20. The van der Waals surface area contributed by atoms with E-state index >= 15 is 0 Å². The second-order valence-electron chi connectivity index (χ2n) is 3.28. The molecule has 1 N–H and O–H groups in total. The van der Waals surface area contributed by atoms with Crippen molar-refractivity contribution in [3.63, 3.8) is 0 Å². The standard InChI is InChI=1S/C8H13N3OS/c1-5(9-6-3-4-6)7-10-8(13-2)11-12-7/h5-6,9H,3-4H2,1-2H3. The van der Waals surface area contributed by atoms with Crippen molar-refractivity contribution in [1.29, 1.82) is 0 Å². The lowest BCUT2D eigenvalue weighted by molar-refractivity contribution is 0.332. The van der Waals surface area contributed by atoms with Gasteiger partial charge in [-0.15, -0.1) is 0 Å². The summed E-state index contributed by atoms with van der Waals surface area (Å²) in [5.74, 6) is 0.691. The predicted octanol–water partition coefficient (Wildman–Crippen LogP) is 1.60. The minimum atomic E-state index is 0.181. The van der Waals surface area contributed by atoms with Crippen molar-refractivity contribution < 1.29 is 4.52 Å². The van der Waals surface area contributed by atoms with Gasteiger partial charge in [0.2, 0.25) is 11.0 Å². The fraction of sp³-hybridized carbons (Fsp3) is 0.750. The highest BCUT2D eigenvalue weighted by atomic mass is 32.2. The molecule has 0 radical (unpaired) electrons. The van der Waals surface area contributed by atoms with E-state index < -0.39 is 0 Å². The molecule has 1 unspecified atom stereocenters. The van der Waals surface area contributed by atoms with Crippen LogP contribution in [0.2, 0.25) is 0 Å². The molecular weight excluding hydrogens is 186 g/mol. The Kier molecular flexibility index (Phi) is 2.55. The Morgan fingerprint density at radius 3 is 2.92 bits per heavy atom. The summed E-state index contributed by atoms with van der Waals surface area (Å²) in [6, 6.07) is 0.848. The summed E-state index contributed by atoms with van der Waals surface area (Å²) in [5, 5.41) is 7.93. The van der Waals surface area contributed by atoms with Gasteiger partial charge in [0.05, 0.1) is 6.04 Å². The fourth-order valence-electron chi connectivity index (χ4n) is 1.15. The van der Waals surface area contributed by atoms with Crippen LogP contribution in [0.25, 0.3) is 0 Å². The summed E-state index contributed by atoms with van der Waals surface area (Å²) >= 11 is 1.50. The first-order chi connectivity index (χ1) is 6.29. The molecule has 0 saturated heterocycles. The van der Waals surface area contributed by atoms with Gasteiger partial charge in [0, 0.05) is 6.04 Å². The van der Waals surface area contributed by atoms with Crippen LogP contribution in [0.5, 0.6) is 0 Å². The van der Waals surface area contributed by atoms with Crippen molar-refractivity contribution in [3.05, 3.63) is 5.89 Å². The molecule has 1 aromatic heterocycles. The van der Waals surface area contributed by atoms with Crippen molar-refractivity contribution in [2.24, 2.45) is 0 Å². The first-order valence-corrected chi connectivity index (χ1v) is 5.65. The average molecular weight is 199 g/mol. The Bertz CT molecular complexity index is 285. The van der Waals surface area contributed by atoms with Gasteiger partial charge in [0.15, 0.2) is 0 Å². The van der Waals surface area contributed by atoms with E-state index in [9.17, 15) is 0 Å². The number of rotatable bonds is 4. The molecule has 4 nitrogen and oxygen atoms in total. The van der Waals surface area contributed by atoms with Gasteiger partial charge < -0.3 is 9.84 Å². The minimum absolute atomic E-state index is 0.181. The monoisotopic (exact) mass is 199 g/mol. The Morgan fingerprint density at radius 1 is 1.62 bits per heavy atom. The third-order valence-corrected chi connectivity index (χ3v) is 2.57. The second kappa shape index (κ2) is 3.67. The van der Waals surface area contributed by atoms with Gasteiger partial charge in [-0.05, 0) is 26.0 Å². The van der Waals surface area contributed by atoms with Gasteiger partial charge >= 0.3 is 0 Å². The first kappa shape index (κ1) is 9.02. The molecule has 0 bridgehead atoms. The molecule has 1 aromatic rings. The molecule has 1 atom stereocenters. The van der Waals surface area contributed by atoms with Crippen molar-refractivity contribution in [2.45, 2.75) is 37.0 Å². The molecule has 1 heterocycles. The molecule has 5 heteroatoms. The summed E-state index contributed by atoms with van der Waals surface area (Å²) in [7, 11) is 0. The van der Waals surface area contributed by atoms with E-state index in [1.54, 1.807) is 0 Å². The maximum Gasteiger partial charge on any atom is 0.244 e. The maximum absolute atomic E-state index is 5.10. The highest BCUT2D eigenvalue weighted by molar-refractivity contribution is 7.98. The SMILES string of the molecule is CSc1noc(C(C)NC2CC2)n1. The van der Waals surface area contributed by atoms with E-state index in [0.29, 0.717) is 17.1 Å². The number of nitrogens with one attached hydrogen (secondary N) is 1. The molecular formula is C8H13N3OS. The number of hydrogen-bond donors (Lipinski definition) is 1. The highest BCUT2D eigenvalue weighted by Gasteiger charge is 2.25. The van der Waals surface area contributed by atoms with Crippen LogP contribution < -0.4 is 5.32 Å². The number of hydrogen-bond acceptors (Lipinski definition) is 5. The largest absolute Gasteiger partial charge is 0.337 e. The Morgan fingerprint density at radius 2 is 2.38 bits per heavy atom. The van der Waals surface area contributed by atoms with E-state index in [2.05, 4.69) is 22.4 Å². The van der Waals surface area contributed by atoms with Gasteiger partial charge in [-0.2, -0.15) is 4.98 Å². The maximum atomic E-state index is 5.10. The third kappa shape index (κ3) is 2.22. The van der Waals surface area contributed by atoms with Gasteiger partial charge in [-0.3, -0.25) is 0 Å². The molecule has 72 valence electrons. The number of aromatic nitrogens is 2. The molecule has 1 aliphatic rings. The topological polar surface area (TPSA) is 51.0 Å². The smallest absolute Gasteiger partial charge is 0.244 e. The van der Waals surface area contributed by atoms with E-state index in [1.165, 1.54) is 24.6 Å².